The van der Waals surface area contributed by atoms with Crippen molar-refractivity contribution in [2.75, 3.05) is 13.2 Å². The second-order valence-corrected chi connectivity index (χ2v) is 13.0. The van der Waals surface area contributed by atoms with Gasteiger partial charge in [-0.05, 0) is 80.2 Å². The van der Waals surface area contributed by atoms with E-state index in [0.717, 1.165) is 77.0 Å². The summed E-state index contributed by atoms with van der Waals surface area (Å²) >= 11 is 0. The van der Waals surface area contributed by atoms with Gasteiger partial charge in [-0.25, -0.2) is 0 Å². The molecule has 4 bridgehead atoms. The largest absolute Gasteiger partial charge is 0.465 e. The third-order valence-electron chi connectivity index (χ3n) is 11.1. The van der Waals surface area contributed by atoms with Crippen LogP contribution in [0.2, 0.25) is 0 Å². The summed E-state index contributed by atoms with van der Waals surface area (Å²) in [6, 6.07) is 0. The quantitative estimate of drug-likeness (QED) is 0.0749. The number of cyclic esters (lactones) is 1. The first kappa shape index (κ1) is 27.2. The summed E-state index contributed by atoms with van der Waals surface area (Å²) in [5.41, 5.74) is 7.39. The number of ketones is 1. The van der Waals surface area contributed by atoms with Crippen LogP contribution in [0.25, 0.3) is 10.4 Å². The molecule has 1 heterocycles. The Hall–Kier alpha value is -2.34. The lowest BCUT2D eigenvalue weighted by molar-refractivity contribution is -0.257. The highest BCUT2D eigenvalue weighted by Gasteiger charge is 2.76. The smallest absolute Gasteiger partial charge is 0.312 e. The van der Waals surface area contributed by atoms with Gasteiger partial charge in [0.15, 0.2) is 5.78 Å². The van der Waals surface area contributed by atoms with Crippen molar-refractivity contribution in [3.8, 4) is 0 Å². The molecule has 1 spiro atoms. The summed E-state index contributed by atoms with van der Waals surface area (Å²) in [6.45, 7) is 7.38. The van der Waals surface area contributed by atoms with E-state index in [1.807, 2.05) is 0 Å². The molecular formula is C30H43N3O5. The lowest BCUT2D eigenvalue weighted by Gasteiger charge is -2.69. The molecule has 6 fully saturated rings. The molecular weight excluding hydrogens is 482 g/mol. The SMILES string of the molecule is C=C1C(=O)[C@]23CC[C@H]1CC2[C@@]12CCC[C@@](C)(COC1=O)C2C[C@H]3OC(=O)CCCCCCCCCN=[N+]=[N-]. The first-order chi connectivity index (χ1) is 18.3. The number of azide groups is 1. The fraction of sp³-hybridized carbons (Fsp3) is 0.833. The van der Waals surface area contributed by atoms with Crippen LogP contribution in [0.1, 0.15) is 103 Å². The normalized spacial score (nSPS) is 39.0. The number of unbranched alkanes of at least 4 members (excludes halogenated alkanes) is 6. The van der Waals surface area contributed by atoms with Crippen LogP contribution in [0.5, 0.6) is 0 Å². The van der Waals surface area contributed by atoms with Crippen LogP contribution in [0.4, 0.5) is 0 Å². The Morgan fingerprint density at radius 2 is 1.79 bits per heavy atom. The van der Waals surface area contributed by atoms with Crippen molar-refractivity contribution in [3.63, 3.8) is 0 Å². The average molecular weight is 526 g/mol. The Morgan fingerprint density at radius 3 is 2.55 bits per heavy atom. The van der Waals surface area contributed by atoms with Crippen molar-refractivity contribution in [2.24, 2.45) is 39.1 Å². The molecule has 8 nitrogen and oxygen atoms in total. The van der Waals surface area contributed by atoms with Crippen molar-refractivity contribution in [3.05, 3.63) is 22.6 Å². The average Bonchev–Trinajstić information content (AvgIpc) is 2.90. The Kier molecular flexibility index (Phi) is 7.65. The number of carbonyl (C=O) groups is 3. The molecule has 2 unspecified atom stereocenters. The zero-order valence-corrected chi connectivity index (χ0v) is 22.9. The highest BCUT2D eigenvalue weighted by atomic mass is 16.5. The molecule has 6 aliphatic rings. The lowest BCUT2D eigenvalue weighted by atomic mass is 9.35. The molecule has 1 saturated heterocycles. The minimum absolute atomic E-state index is 0.0433. The number of carbonyl (C=O) groups excluding carboxylic acids is 3. The molecule has 0 N–H and O–H groups in total. The molecule has 6 rings (SSSR count). The van der Waals surface area contributed by atoms with Gasteiger partial charge in [0.2, 0.25) is 0 Å². The van der Waals surface area contributed by atoms with Gasteiger partial charge in [-0.3, -0.25) is 14.4 Å². The summed E-state index contributed by atoms with van der Waals surface area (Å²) in [4.78, 5) is 43.4. The second kappa shape index (κ2) is 10.7. The standard InChI is InChI=1S/C30H43N3O5/c1-20-21-12-15-30(26(20)35)23(17-21)29-14-10-13-28(2,19-37-27(29)36)22(29)18-24(30)38-25(34)11-8-6-4-3-5-7-9-16-32-33-31/h21-24H,1,3-19H2,2H3/t21-,22?,23?,24+,28-,29-,30+/m0/s1. The van der Waals surface area contributed by atoms with Gasteiger partial charge < -0.3 is 9.47 Å². The predicted molar refractivity (Wildman–Crippen MR) is 142 cm³/mol. The molecule has 0 aromatic rings. The molecule has 38 heavy (non-hydrogen) atoms. The Bertz CT molecular complexity index is 1040. The van der Waals surface area contributed by atoms with E-state index >= 15 is 0 Å². The molecule has 0 radical (unpaired) electrons. The maximum absolute atomic E-state index is 13.9. The molecule has 0 amide bonds. The maximum Gasteiger partial charge on any atom is 0.312 e. The van der Waals surface area contributed by atoms with Gasteiger partial charge in [0.25, 0.3) is 0 Å². The fourth-order valence-corrected chi connectivity index (χ4v) is 9.24. The molecule has 1 aliphatic heterocycles. The number of hydrogen-bond donors (Lipinski definition) is 0. The first-order valence-corrected chi connectivity index (χ1v) is 14.9. The first-order valence-electron chi connectivity index (χ1n) is 14.9. The number of nitrogens with zero attached hydrogens (tertiary/aromatic N) is 3. The van der Waals surface area contributed by atoms with Crippen molar-refractivity contribution >= 4 is 17.7 Å². The zero-order chi connectivity index (χ0) is 27.0. The Morgan fingerprint density at radius 1 is 1.05 bits per heavy atom. The van der Waals surface area contributed by atoms with Crippen LogP contribution >= 0.6 is 0 Å². The number of allylic oxidation sites excluding steroid dienone is 1. The number of rotatable bonds is 11. The third kappa shape index (κ3) is 4.27. The fourth-order valence-electron chi connectivity index (χ4n) is 9.24. The van der Waals surface area contributed by atoms with Crippen molar-refractivity contribution < 1.29 is 23.9 Å². The zero-order valence-electron chi connectivity index (χ0n) is 22.9. The van der Waals surface area contributed by atoms with E-state index in [0.29, 0.717) is 38.0 Å². The van der Waals surface area contributed by atoms with Gasteiger partial charge in [0, 0.05) is 23.3 Å². The predicted octanol–water partition coefficient (Wildman–Crippen LogP) is 6.62. The number of fused-ring (bicyclic) bond motifs is 2. The molecule has 5 saturated carbocycles. The molecule has 0 aromatic carbocycles. The van der Waals surface area contributed by atoms with Crippen LogP contribution in [-0.2, 0) is 23.9 Å². The van der Waals surface area contributed by atoms with Gasteiger partial charge in [0.05, 0.1) is 17.4 Å². The van der Waals surface area contributed by atoms with E-state index in [-0.39, 0.29) is 40.9 Å². The van der Waals surface area contributed by atoms with E-state index in [4.69, 9.17) is 15.0 Å². The molecule has 208 valence electrons. The van der Waals surface area contributed by atoms with Crippen LogP contribution in [0.3, 0.4) is 0 Å². The van der Waals surface area contributed by atoms with Crippen LogP contribution in [-0.4, -0.2) is 37.0 Å². The molecule has 8 heteroatoms. The van der Waals surface area contributed by atoms with E-state index < -0.39 is 16.9 Å². The van der Waals surface area contributed by atoms with E-state index in [1.165, 1.54) is 0 Å². The van der Waals surface area contributed by atoms with Crippen molar-refractivity contribution in [2.45, 2.75) is 109 Å². The summed E-state index contributed by atoms with van der Waals surface area (Å²) in [7, 11) is 0. The van der Waals surface area contributed by atoms with E-state index in [2.05, 4.69) is 23.5 Å². The molecule has 0 aromatic heterocycles. The highest BCUT2D eigenvalue weighted by Crippen LogP contribution is 2.73. The monoisotopic (exact) mass is 525 g/mol. The van der Waals surface area contributed by atoms with Gasteiger partial charge in [-0.2, -0.15) is 0 Å². The van der Waals surface area contributed by atoms with Crippen molar-refractivity contribution in [1.29, 1.82) is 0 Å². The lowest BCUT2D eigenvalue weighted by Crippen LogP contribution is -2.73. The second-order valence-electron chi connectivity index (χ2n) is 13.0. The summed E-state index contributed by atoms with van der Waals surface area (Å²) in [5, 5.41) is 3.56. The minimum Gasteiger partial charge on any atom is -0.465 e. The van der Waals surface area contributed by atoms with Gasteiger partial charge >= 0.3 is 11.9 Å². The summed E-state index contributed by atoms with van der Waals surface area (Å²) in [5.74, 6) is -0.208. The summed E-state index contributed by atoms with van der Waals surface area (Å²) in [6.07, 6.45) is 12.6. The van der Waals surface area contributed by atoms with Gasteiger partial charge in [0.1, 0.15) is 6.10 Å². The van der Waals surface area contributed by atoms with E-state index in [9.17, 15) is 14.4 Å². The van der Waals surface area contributed by atoms with Crippen LogP contribution in [0, 0.1) is 34.0 Å². The van der Waals surface area contributed by atoms with Crippen LogP contribution < -0.4 is 0 Å². The van der Waals surface area contributed by atoms with Crippen LogP contribution in [0.15, 0.2) is 17.3 Å². The Balaban J connectivity index is 1.25. The Labute approximate surface area is 225 Å². The van der Waals surface area contributed by atoms with E-state index in [1.54, 1.807) is 0 Å². The van der Waals surface area contributed by atoms with Crippen molar-refractivity contribution in [1.82, 2.24) is 0 Å². The highest BCUT2D eigenvalue weighted by molar-refractivity contribution is 6.03. The molecule has 5 aliphatic carbocycles. The van der Waals surface area contributed by atoms with Gasteiger partial charge in [-0.15, -0.1) is 0 Å². The topological polar surface area (TPSA) is 118 Å². The maximum atomic E-state index is 13.9. The third-order valence-corrected chi connectivity index (χ3v) is 11.1. The summed E-state index contributed by atoms with van der Waals surface area (Å²) < 4.78 is 12.1. The molecule has 7 atom stereocenters. The number of esters is 2. The minimum atomic E-state index is -0.831. The number of ether oxygens (including phenoxy) is 2. The number of Topliss-reactive ketones (excluding diaryl/α,β-unsaturated/α-hetero) is 1. The number of hydrogen-bond acceptors (Lipinski definition) is 6. The van der Waals surface area contributed by atoms with Gasteiger partial charge in [-0.1, -0.05) is 57.1 Å².